The number of rotatable bonds is 8. The topological polar surface area (TPSA) is 80.3 Å². The number of pyridine rings is 1. The first-order valence-corrected chi connectivity index (χ1v) is 14.9. The Hall–Kier alpha value is -4.19. The van der Waals surface area contributed by atoms with Gasteiger partial charge >= 0.3 is 6.18 Å². The monoisotopic (exact) mass is 645 g/mol. The van der Waals surface area contributed by atoms with E-state index in [-0.39, 0.29) is 23.9 Å². The molecule has 5 rings (SSSR count). The highest BCUT2D eigenvalue weighted by molar-refractivity contribution is 6.05. The summed E-state index contributed by atoms with van der Waals surface area (Å²) in [6, 6.07) is 11.4. The second-order valence-corrected chi connectivity index (χ2v) is 12.0. The highest BCUT2D eigenvalue weighted by atomic mass is 19.4. The molecule has 0 saturated carbocycles. The summed E-state index contributed by atoms with van der Waals surface area (Å²) in [5, 5.41) is 5.00. The normalized spacial score (nSPS) is 18.5. The maximum absolute atomic E-state index is 13.9. The number of aromatic nitrogens is 1. The minimum absolute atomic E-state index is 0.0237. The van der Waals surface area contributed by atoms with E-state index >= 15 is 0 Å². The lowest BCUT2D eigenvalue weighted by atomic mass is 9.79. The molecule has 12 heteroatoms. The second-order valence-electron chi connectivity index (χ2n) is 12.0. The summed E-state index contributed by atoms with van der Waals surface area (Å²) in [5.41, 5.74) is -0.300. The fraction of sp³-hybridized carbons (Fsp3) is 0.382. The number of carbonyl (C=O) groups excluding carboxylic acids is 2. The van der Waals surface area contributed by atoms with Crippen molar-refractivity contribution >= 4 is 29.2 Å². The molecular formula is C34H33F6N3O3. The van der Waals surface area contributed by atoms with Crippen molar-refractivity contribution in [3.05, 3.63) is 93.8 Å². The lowest BCUT2D eigenvalue weighted by Gasteiger charge is -2.25. The standard InChI is InChI=1S/C34H33F6N3O3/c1-33(2,37)32(45)42-17-19-13-28(29(30(35)36)41-16-19)31(44)43-25-9-5-20-6-10-26(22-11-12-46-18-22)27(15-23(20)14-25)21-3-7-24(8-4-21)34(38,39)40/h3-5,7-9,13-16,22,26,30H,6,10-12,17-18H2,1-2H3,(H,42,45)(H,43,44)/t22?,26-/m0/s1. The molecular weight excluding hydrogens is 612 g/mol. The van der Waals surface area contributed by atoms with Crippen LogP contribution in [0.2, 0.25) is 0 Å². The number of halogens is 6. The van der Waals surface area contributed by atoms with Crippen molar-refractivity contribution in [2.75, 3.05) is 18.5 Å². The fourth-order valence-electron chi connectivity index (χ4n) is 5.85. The number of anilines is 1. The largest absolute Gasteiger partial charge is 0.416 e. The molecule has 0 bridgehead atoms. The number of ether oxygens (including phenoxy) is 1. The Morgan fingerprint density at radius 3 is 2.39 bits per heavy atom. The third-order valence-corrected chi connectivity index (χ3v) is 8.34. The van der Waals surface area contributed by atoms with Gasteiger partial charge in [-0.25, -0.2) is 13.2 Å². The van der Waals surface area contributed by atoms with Gasteiger partial charge in [0.2, 0.25) is 0 Å². The first-order valence-electron chi connectivity index (χ1n) is 14.9. The first-order chi connectivity index (χ1) is 21.7. The molecule has 2 aliphatic rings. The van der Waals surface area contributed by atoms with E-state index in [9.17, 15) is 35.9 Å². The van der Waals surface area contributed by atoms with E-state index in [1.165, 1.54) is 18.2 Å². The van der Waals surface area contributed by atoms with Crippen molar-refractivity contribution in [3.63, 3.8) is 0 Å². The molecule has 1 unspecified atom stereocenters. The summed E-state index contributed by atoms with van der Waals surface area (Å²) in [4.78, 5) is 28.9. The van der Waals surface area contributed by atoms with Crippen LogP contribution < -0.4 is 10.6 Å². The van der Waals surface area contributed by atoms with E-state index < -0.39 is 46.9 Å². The van der Waals surface area contributed by atoms with Gasteiger partial charge < -0.3 is 15.4 Å². The third kappa shape index (κ3) is 7.60. The molecule has 3 aromatic rings. The average Bonchev–Trinajstić information content (AvgIpc) is 3.47. The van der Waals surface area contributed by atoms with Gasteiger partial charge in [-0.1, -0.05) is 24.3 Å². The summed E-state index contributed by atoms with van der Waals surface area (Å²) >= 11 is 0. The van der Waals surface area contributed by atoms with Crippen LogP contribution in [-0.2, 0) is 28.7 Å². The van der Waals surface area contributed by atoms with Crippen LogP contribution >= 0.6 is 0 Å². The van der Waals surface area contributed by atoms with Crippen LogP contribution in [0.25, 0.3) is 11.6 Å². The second kappa shape index (κ2) is 13.3. The number of nitrogens with zero attached hydrogens (tertiary/aromatic N) is 1. The zero-order chi connectivity index (χ0) is 33.2. The number of aryl methyl sites for hydroxylation is 1. The zero-order valence-electron chi connectivity index (χ0n) is 25.2. The summed E-state index contributed by atoms with van der Waals surface area (Å²) in [7, 11) is 0. The molecule has 2 amide bonds. The maximum Gasteiger partial charge on any atom is 0.416 e. The molecule has 1 aliphatic heterocycles. The summed E-state index contributed by atoms with van der Waals surface area (Å²) in [5.74, 6) is -1.55. The smallest absolute Gasteiger partial charge is 0.381 e. The lowest BCUT2D eigenvalue weighted by Crippen LogP contribution is -2.38. The molecule has 0 radical (unpaired) electrons. The number of fused-ring (bicyclic) bond motifs is 1. The van der Waals surface area contributed by atoms with Crippen molar-refractivity contribution in [2.45, 2.75) is 57.9 Å². The van der Waals surface area contributed by atoms with Crippen molar-refractivity contribution in [2.24, 2.45) is 11.8 Å². The Bertz CT molecular complexity index is 1620. The molecule has 1 aliphatic carbocycles. The van der Waals surface area contributed by atoms with E-state index in [4.69, 9.17) is 4.74 Å². The van der Waals surface area contributed by atoms with E-state index in [0.717, 1.165) is 61.7 Å². The predicted molar refractivity (Wildman–Crippen MR) is 161 cm³/mol. The molecule has 2 heterocycles. The quantitative estimate of drug-likeness (QED) is 0.245. The van der Waals surface area contributed by atoms with Gasteiger partial charge in [-0.3, -0.25) is 14.6 Å². The lowest BCUT2D eigenvalue weighted by molar-refractivity contribution is -0.137. The van der Waals surface area contributed by atoms with Crippen LogP contribution in [0.15, 0.2) is 54.7 Å². The van der Waals surface area contributed by atoms with Crippen molar-refractivity contribution in [3.8, 4) is 0 Å². The number of benzene rings is 2. The molecule has 6 nitrogen and oxygen atoms in total. The van der Waals surface area contributed by atoms with Gasteiger partial charge in [-0.2, -0.15) is 13.2 Å². The van der Waals surface area contributed by atoms with Crippen LogP contribution in [0.4, 0.5) is 32.0 Å². The number of allylic oxidation sites excluding steroid dienone is 1. The number of alkyl halides is 6. The van der Waals surface area contributed by atoms with Gasteiger partial charge in [-0.15, -0.1) is 0 Å². The van der Waals surface area contributed by atoms with E-state index in [1.807, 2.05) is 12.1 Å². The minimum atomic E-state index is -4.47. The van der Waals surface area contributed by atoms with E-state index in [1.54, 1.807) is 12.1 Å². The molecule has 244 valence electrons. The molecule has 1 fully saturated rings. The zero-order valence-corrected chi connectivity index (χ0v) is 25.2. The summed E-state index contributed by atoms with van der Waals surface area (Å²) < 4.78 is 87.0. The Morgan fingerprint density at radius 1 is 1.02 bits per heavy atom. The van der Waals surface area contributed by atoms with Crippen molar-refractivity contribution < 1.29 is 40.7 Å². The van der Waals surface area contributed by atoms with Crippen LogP contribution in [-0.4, -0.2) is 35.7 Å². The van der Waals surface area contributed by atoms with Gasteiger partial charge in [0.15, 0.2) is 5.67 Å². The first kappa shape index (κ1) is 33.2. The molecule has 1 aromatic heterocycles. The van der Waals surface area contributed by atoms with Crippen LogP contribution in [0.3, 0.4) is 0 Å². The van der Waals surface area contributed by atoms with Gasteiger partial charge in [0, 0.05) is 25.0 Å². The highest BCUT2D eigenvalue weighted by Crippen LogP contribution is 2.42. The molecule has 2 N–H and O–H groups in total. The molecule has 46 heavy (non-hydrogen) atoms. The van der Waals surface area contributed by atoms with E-state index in [0.29, 0.717) is 30.9 Å². The molecule has 2 aromatic carbocycles. The number of amides is 2. The number of hydrogen-bond donors (Lipinski definition) is 2. The average molecular weight is 646 g/mol. The number of carbonyl (C=O) groups is 2. The number of nitrogens with one attached hydrogen (secondary N) is 2. The van der Waals surface area contributed by atoms with Gasteiger partial charge in [-0.05, 0) is 103 Å². The fourth-order valence-corrected chi connectivity index (χ4v) is 5.85. The Labute approximate surface area is 262 Å². The van der Waals surface area contributed by atoms with Crippen LogP contribution in [0, 0.1) is 11.8 Å². The van der Waals surface area contributed by atoms with Crippen LogP contribution in [0.5, 0.6) is 0 Å². The minimum Gasteiger partial charge on any atom is -0.381 e. The maximum atomic E-state index is 13.9. The van der Waals surface area contributed by atoms with Gasteiger partial charge in [0.1, 0.15) is 5.69 Å². The summed E-state index contributed by atoms with van der Waals surface area (Å²) in [6.45, 7) is 3.08. The molecule has 0 spiro atoms. The SMILES string of the molecule is CC(C)(F)C(=O)NCc1cnc(C(F)F)c(C(=O)Nc2ccc3c(c2)C=C(c2ccc(C(F)(F)F)cc2)[C@H](C2CCOC2)CC3)c1. The Kier molecular flexibility index (Phi) is 9.57. The van der Waals surface area contributed by atoms with Crippen LogP contribution in [0.1, 0.15) is 77.0 Å². The van der Waals surface area contributed by atoms with Crippen molar-refractivity contribution in [1.82, 2.24) is 10.3 Å². The predicted octanol–water partition coefficient (Wildman–Crippen LogP) is 7.79. The Morgan fingerprint density at radius 2 is 1.76 bits per heavy atom. The third-order valence-electron chi connectivity index (χ3n) is 8.34. The Balaban J connectivity index is 1.45. The molecule has 2 atom stereocenters. The van der Waals surface area contributed by atoms with Gasteiger partial charge in [0.25, 0.3) is 18.2 Å². The molecule has 1 saturated heterocycles. The van der Waals surface area contributed by atoms with E-state index in [2.05, 4.69) is 15.6 Å². The van der Waals surface area contributed by atoms with Gasteiger partial charge in [0.05, 0.1) is 17.7 Å². The number of hydrogen-bond acceptors (Lipinski definition) is 4. The summed E-state index contributed by atoms with van der Waals surface area (Å²) in [6.07, 6.45) is -2.27. The van der Waals surface area contributed by atoms with Crippen molar-refractivity contribution in [1.29, 1.82) is 0 Å². The highest BCUT2D eigenvalue weighted by Gasteiger charge is 2.33.